The highest BCUT2D eigenvalue weighted by molar-refractivity contribution is 7.00. The average Bonchev–Trinajstić information content (AvgIpc) is 2.86. The number of halogens is 1. The van der Waals surface area contributed by atoms with Crippen molar-refractivity contribution in [3.8, 4) is 0 Å². The number of anilines is 3. The van der Waals surface area contributed by atoms with Crippen LogP contribution in [0.2, 0.25) is 5.02 Å². The van der Waals surface area contributed by atoms with E-state index >= 15 is 0 Å². The standard InChI is InChI=1S/C11H9ClN6S/c1-5-10(13)14-4-15-11(5)16-8-6(12)2-3-7-9(8)18-19-17-7/h2-4H,1H3,(H3,13,14,15,16). The lowest BCUT2D eigenvalue weighted by atomic mass is 10.2. The van der Waals surface area contributed by atoms with Gasteiger partial charge in [0, 0.05) is 5.56 Å². The van der Waals surface area contributed by atoms with Gasteiger partial charge < -0.3 is 11.1 Å². The molecule has 0 spiro atoms. The Kier molecular flexibility index (Phi) is 2.92. The van der Waals surface area contributed by atoms with Gasteiger partial charge in [-0.3, -0.25) is 0 Å². The Balaban J connectivity index is 2.13. The molecule has 0 saturated carbocycles. The third-order valence-electron chi connectivity index (χ3n) is 2.74. The van der Waals surface area contributed by atoms with Crippen LogP contribution in [-0.4, -0.2) is 18.7 Å². The third kappa shape index (κ3) is 2.06. The van der Waals surface area contributed by atoms with E-state index in [0.717, 1.165) is 22.8 Å². The van der Waals surface area contributed by atoms with Crippen molar-refractivity contribution in [3.05, 3.63) is 29.0 Å². The van der Waals surface area contributed by atoms with Crippen molar-refractivity contribution in [2.75, 3.05) is 11.1 Å². The molecule has 6 nitrogen and oxygen atoms in total. The van der Waals surface area contributed by atoms with Gasteiger partial charge in [-0.2, -0.15) is 8.75 Å². The van der Waals surface area contributed by atoms with E-state index in [9.17, 15) is 0 Å². The summed E-state index contributed by atoms with van der Waals surface area (Å²) in [5.41, 5.74) is 8.70. The van der Waals surface area contributed by atoms with Crippen LogP contribution >= 0.6 is 23.3 Å². The highest BCUT2D eigenvalue weighted by atomic mass is 35.5. The summed E-state index contributed by atoms with van der Waals surface area (Å²) in [6.45, 7) is 1.84. The molecule has 3 rings (SSSR count). The van der Waals surface area contributed by atoms with E-state index in [-0.39, 0.29) is 0 Å². The van der Waals surface area contributed by atoms with Crippen molar-refractivity contribution in [3.63, 3.8) is 0 Å². The van der Waals surface area contributed by atoms with Crippen LogP contribution in [0.5, 0.6) is 0 Å². The first-order valence-corrected chi connectivity index (χ1v) is 6.52. The van der Waals surface area contributed by atoms with E-state index in [2.05, 4.69) is 24.0 Å². The summed E-state index contributed by atoms with van der Waals surface area (Å²) in [6, 6.07) is 3.60. The van der Waals surface area contributed by atoms with Crippen LogP contribution in [0.4, 0.5) is 17.3 Å². The topological polar surface area (TPSA) is 89.6 Å². The first kappa shape index (κ1) is 12.1. The van der Waals surface area contributed by atoms with Gasteiger partial charge >= 0.3 is 0 Å². The normalized spacial score (nSPS) is 10.8. The van der Waals surface area contributed by atoms with E-state index in [0.29, 0.717) is 27.9 Å². The fourth-order valence-electron chi connectivity index (χ4n) is 1.65. The molecule has 3 aromatic rings. The molecule has 19 heavy (non-hydrogen) atoms. The molecule has 0 amide bonds. The predicted octanol–water partition coefficient (Wildman–Crippen LogP) is 2.77. The van der Waals surface area contributed by atoms with Crippen LogP contribution < -0.4 is 11.1 Å². The minimum atomic E-state index is 0.428. The molecule has 0 aliphatic carbocycles. The van der Waals surface area contributed by atoms with E-state index in [1.807, 2.05) is 13.0 Å². The van der Waals surface area contributed by atoms with Crippen LogP contribution in [0.3, 0.4) is 0 Å². The SMILES string of the molecule is Cc1c(N)ncnc1Nc1c(Cl)ccc2nsnc12. The first-order chi connectivity index (χ1) is 9.16. The van der Waals surface area contributed by atoms with Gasteiger partial charge in [-0.25, -0.2) is 9.97 Å². The quantitative estimate of drug-likeness (QED) is 0.755. The Hall–Kier alpha value is -1.99. The molecule has 0 saturated heterocycles. The zero-order valence-electron chi connectivity index (χ0n) is 9.88. The Bertz CT molecular complexity index is 756. The summed E-state index contributed by atoms with van der Waals surface area (Å²) >= 11 is 7.34. The maximum atomic E-state index is 6.20. The number of rotatable bonds is 2. The fraction of sp³-hybridized carbons (Fsp3) is 0.0909. The minimum Gasteiger partial charge on any atom is -0.383 e. The van der Waals surface area contributed by atoms with Crippen molar-refractivity contribution in [2.45, 2.75) is 6.92 Å². The zero-order valence-corrected chi connectivity index (χ0v) is 11.5. The van der Waals surface area contributed by atoms with Crippen molar-refractivity contribution in [2.24, 2.45) is 0 Å². The number of fused-ring (bicyclic) bond motifs is 1. The van der Waals surface area contributed by atoms with Gasteiger partial charge in [0.25, 0.3) is 0 Å². The number of hydrogen-bond donors (Lipinski definition) is 2. The van der Waals surface area contributed by atoms with Crippen LogP contribution in [-0.2, 0) is 0 Å². The van der Waals surface area contributed by atoms with Gasteiger partial charge in [0.05, 0.1) is 22.4 Å². The van der Waals surface area contributed by atoms with E-state index in [4.69, 9.17) is 17.3 Å². The first-order valence-electron chi connectivity index (χ1n) is 5.41. The summed E-state index contributed by atoms with van der Waals surface area (Å²) in [6.07, 6.45) is 1.40. The highest BCUT2D eigenvalue weighted by Gasteiger charge is 2.12. The molecule has 0 bridgehead atoms. The number of nitrogens with zero attached hydrogens (tertiary/aromatic N) is 4. The van der Waals surface area contributed by atoms with Gasteiger partial charge in [0.1, 0.15) is 29.0 Å². The van der Waals surface area contributed by atoms with E-state index < -0.39 is 0 Å². The number of aromatic nitrogens is 4. The summed E-state index contributed by atoms with van der Waals surface area (Å²) in [4.78, 5) is 8.08. The Morgan fingerprint density at radius 3 is 2.95 bits per heavy atom. The monoisotopic (exact) mass is 292 g/mol. The maximum Gasteiger partial charge on any atom is 0.138 e. The molecule has 2 heterocycles. The fourth-order valence-corrected chi connectivity index (χ4v) is 2.40. The second kappa shape index (κ2) is 4.60. The smallest absolute Gasteiger partial charge is 0.138 e. The Morgan fingerprint density at radius 2 is 2.11 bits per heavy atom. The second-order valence-corrected chi connectivity index (χ2v) is 4.85. The summed E-state index contributed by atoms with van der Waals surface area (Å²) in [5, 5.41) is 3.70. The molecule has 1 aromatic carbocycles. The molecule has 96 valence electrons. The van der Waals surface area contributed by atoms with Gasteiger partial charge in [0.15, 0.2) is 0 Å². The third-order valence-corrected chi connectivity index (χ3v) is 3.60. The molecular formula is C11H9ClN6S. The van der Waals surface area contributed by atoms with Crippen molar-refractivity contribution >= 4 is 51.7 Å². The number of nitrogens with one attached hydrogen (secondary N) is 1. The number of nitrogen functional groups attached to an aromatic ring is 1. The van der Waals surface area contributed by atoms with E-state index in [1.165, 1.54) is 6.33 Å². The summed E-state index contributed by atoms with van der Waals surface area (Å²) in [7, 11) is 0. The highest BCUT2D eigenvalue weighted by Crippen LogP contribution is 2.33. The molecule has 2 aromatic heterocycles. The van der Waals surface area contributed by atoms with Gasteiger partial charge in [-0.05, 0) is 19.1 Å². The van der Waals surface area contributed by atoms with Crippen molar-refractivity contribution < 1.29 is 0 Å². The molecule has 0 unspecified atom stereocenters. The molecule has 0 aliphatic rings. The van der Waals surface area contributed by atoms with Crippen molar-refractivity contribution in [1.29, 1.82) is 0 Å². The second-order valence-electron chi connectivity index (χ2n) is 3.91. The molecule has 0 atom stereocenters. The van der Waals surface area contributed by atoms with Crippen LogP contribution in [0.15, 0.2) is 18.5 Å². The number of benzene rings is 1. The van der Waals surface area contributed by atoms with Gasteiger partial charge in [-0.15, -0.1) is 0 Å². The lowest BCUT2D eigenvalue weighted by Crippen LogP contribution is -2.02. The Morgan fingerprint density at radius 1 is 1.26 bits per heavy atom. The number of hydrogen-bond acceptors (Lipinski definition) is 7. The zero-order chi connectivity index (χ0) is 13.4. The maximum absolute atomic E-state index is 6.20. The van der Waals surface area contributed by atoms with Crippen molar-refractivity contribution in [1.82, 2.24) is 18.7 Å². The molecule has 0 aliphatic heterocycles. The Labute approximate surface area is 118 Å². The largest absolute Gasteiger partial charge is 0.383 e. The summed E-state index contributed by atoms with van der Waals surface area (Å²) < 4.78 is 8.41. The van der Waals surface area contributed by atoms with Crippen LogP contribution in [0.1, 0.15) is 5.56 Å². The lowest BCUT2D eigenvalue weighted by Gasteiger charge is -2.10. The molecule has 8 heteroatoms. The van der Waals surface area contributed by atoms with Crippen LogP contribution in [0.25, 0.3) is 11.0 Å². The molecule has 0 radical (unpaired) electrons. The van der Waals surface area contributed by atoms with Crippen LogP contribution in [0, 0.1) is 6.92 Å². The summed E-state index contributed by atoms with van der Waals surface area (Å²) in [5.74, 6) is 1.03. The van der Waals surface area contributed by atoms with Gasteiger partial charge in [-0.1, -0.05) is 11.6 Å². The number of nitrogens with two attached hydrogens (primary N) is 1. The molecule has 3 N–H and O–H groups in total. The molecular weight excluding hydrogens is 284 g/mol. The molecule has 0 fully saturated rings. The van der Waals surface area contributed by atoms with E-state index in [1.54, 1.807) is 6.07 Å². The average molecular weight is 293 g/mol. The minimum absolute atomic E-state index is 0.428. The van der Waals surface area contributed by atoms with Gasteiger partial charge in [0.2, 0.25) is 0 Å². The predicted molar refractivity (Wildman–Crippen MR) is 76.9 cm³/mol. The lowest BCUT2D eigenvalue weighted by molar-refractivity contribution is 1.14.